The van der Waals surface area contributed by atoms with Crippen LogP contribution in [0.15, 0.2) is 60.7 Å². The van der Waals surface area contributed by atoms with E-state index in [1.165, 1.54) is 0 Å². The molecule has 1 N–H and O–H groups in total. The monoisotopic (exact) mass is 311 g/mol. The number of hydrogen-bond acceptors (Lipinski definition) is 3. The summed E-state index contributed by atoms with van der Waals surface area (Å²) in [5.41, 5.74) is 0.638. The predicted octanol–water partition coefficient (Wildman–Crippen LogP) is 3.50. The number of benzene rings is 2. The molecule has 1 atom stereocenters. The van der Waals surface area contributed by atoms with Gasteiger partial charge in [-0.3, -0.25) is 4.79 Å². The molecule has 0 spiro atoms. The van der Waals surface area contributed by atoms with Crippen molar-refractivity contribution >= 4 is 11.9 Å². The maximum absolute atomic E-state index is 12.5. The molecule has 0 saturated carbocycles. The second kappa shape index (κ2) is 7.09. The van der Waals surface area contributed by atoms with Crippen LogP contribution in [0.3, 0.4) is 0 Å². The number of esters is 1. The molecule has 0 radical (unpaired) electrons. The van der Waals surface area contributed by atoms with E-state index in [0.717, 1.165) is 0 Å². The number of hydrogen-bond donors (Lipinski definition) is 1. The van der Waals surface area contributed by atoms with Crippen molar-refractivity contribution in [2.45, 2.75) is 32.4 Å². The molecule has 0 heterocycles. The number of carbonyl (C=O) groups is 2. The number of carbonyl (C=O) groups excluding carboxylic acids is 2. The Morgan fingerprint density at radius 2 is 1.43 bits per heavy atom. The van der Waals surface area contributed by atoms with Gasteiger partial charge in [0, 0.05) is 11.1 Å². The van der Waals surface area contributed by atoms with Crippen LogP contribution < -0.4 is 5.32 Å². The molecule has 0 aromatic heterocycles. The third kappa shape index (κ3) is 4.95. The molecule has 0 aliphatic carbocycles. The fourth-order valence-electron chi connectivity index (χ4n) is 2.09. The van der Waals surface area contributed by atoms with Gasteiger partial charge in [-0.15, -0.1) is 0 Å². The molecule has 0 aliphatic rings. The summed E-state index contributed by atoms with van der Waals surface area (Å²) in [5, 5.41) is 2.86. The van der Waals surface area contributed by atoms with Gasteiger partial charge in [-0.05, 0) is 32.9 Å². The van der Waals surface area contributed by atoms with Crippen LogP contribution in [0.1, 0.15) is 42.8 Å². The molecular formula is C19H21NO3. The second-order valence-electron chi connectivity index (χ2n) is 6.30. The quantitative estimate of drug-likeness (QED) is 0.879. The molecular weight excluding hydrogens is 290 g/mol. The lowest BCUT2D eigenvalue weighted by molar-refractivity contribution is -0.131. The lowest BCUT2D eigenvalue weighted by atomic mass is 10.1. The van der Waals surface area contributed by atoms with Crippen molar-refractivity contribution in [3.63, 3.8) is 0 Å². The molecule has 0 bridgehead atoms. The Bertz CT molecular complexity index is 660. The molecule has 4 heteroatoms. The maximum atomic E-state index is 12.5. The zero-order valence-corrected chi connectivity index (χ0v) is 13.6. The Hall–Kier alpha value is -2.62. The predicted molar refractivity (Wildman–Crippen MR) is 88.9 cm³/mol. The standard InChI is InChI=1S/C19H21NO3/c1-19(2,3)20-17(21)16(14-10-6-4-7-11-14)23-18(22)15-12-8-5-9-13-15/h4-13,16H,1-3H3,(H,20,21). The minimum absolute atomic E-state index is 0.340. The SMILES string of the molecule is CC(C)(C)NC(=O)C(OC(=O)c1ccccc1)c1ccccc1. The van der Waals surface area contributed by atoms with E-state index in [0.29, 0.717) is 11.1 Å². The summed E-state index contributed by atoms with van der Waals surface area (Å²) in [6, 6.07) is 17.6. The first-order chi connectivity index (χ1) is 10.9. The Morgan fingerprint density at radius 3 is 1.96 bits per heavy atom. The first kappa shape index (κ1) is 16.7. The van der Waals surface area contributed by atoms with Crippen LogP contribution in [-0.4, -0.2) is 17.4 Å². The van der Waals surface area contributed by atoms with Gasteiger partial charge in [-0.2, -0.15) is 0 Å². The summed E-state index contributed by atoms with van der Waals surface area (Å²) < 4.78 is 5.48. The summed E-state index contributed by atoms with van der Waals surface area (Å²) in [6.07, 6.45) is -0.983. The highest BCUT2D eigenvalue weighted by Crippen LogP contribution is 2.20. The zero-order valence-electron chi connectivity index (χ0n) is 13.6. The van der Waals surface area contributed by atoms with E-state index in [4.69, 9.17) is 4.74 Å². The first-order valence-corrected chi connectivity index (χ1v) is 7.50. The summed E-state index contributed by atoms with van der Waals surface area (Å²) in [4.78, 5) is 24.8. The molecule has 2 aromatic carbocycles. The third-order valence-corrected chi connectivity index (χ3v) is 3.07. The van der Waals surface area contributed by atoms with Crippen LogP contribution in [0, 0.1) is 0 Å². The lowest BCUT2D eigenvalue weighted by Crippen LogP contribution is -2.44. The van der Waals surface area contributed by atoms with E-state index < -0.39 is 17.6 Å². The van der Waals surface area contributed by atoms with Crippen molar-refractivity contribution in [3.05, 3.63) is 71.8 Å². The van der Waals surface area contributed by atoms with Gasteiger partial charge in [-0.1, -0.05) is 48.5 Å². The first-order valence-electron chi connectivity index (χ1n) is 7.50. The average Bonchev–Trinajstić information content (AvgIpc) is 2.52. The van der Waals surface area contributed by atoms with Crippen molar-refractivity contribution in [3.8, 4) is 0 Å². The van der Waals surface area contributed by atoms with Gasteiger partial charge in [0.15, 0.2) is 0 Å². The Labute approximate surface area is 136 Å². The topological polar surface area (TPSA) is 55.4 Å². The fourth-order valence-corrected chi connectivity index (χ4v) is 2.09. The van der Waals surface area contributed by atoms with Crippen molar-refractivity contribution in [1.82, 2.24) is 5.32 Å². The van der Waals surface area contributed by atoms with Gasteiger partial charge in [0.05, 0.1) is 5.56 Å². The molecule has 1 unspecified atom stereocenters. The molecule has 0 saturated heterocycles. The van der Waals surface area contributed by atoms with Crippen LogP contribution in [0.2, 0.25) is 0 Å². The minimum Gasteiger partial charge on any atom is -0.444 e. The highest BCUT2D eigenvalue weighted by molar-refractivity contribution is 5.92. The van der Waals surface area contributed by atoms with Gasteiger partial charge >= 0.3 is 5.97 Å². The van der Waals surface area contributed by atoms with Crippen molar-refractivity contribution in [2.24, 2.45) is 0 Å². The molecule has 4 nitrogen and oxygen atoms in total. The van der Waals surface area contributed by atoms with Crippen LogP contribution in [0.25, 0.3) is 0 Å². The van der Waals surface area contributed by atoms with Crippen molar-refractivity contribution in [1.29, 1.82) is 0 Å². The zero-order chi connectivity index (χ0) is 16.9. The van der Waals surface area contributed by atoms with Gasteiger partial charge < -0.3 is 10.1 Å². The van der Waals surface area contributed by atoms with E-state index in [1.807, 2.05) is 45.0 Å². The van der Waals surface area contributed by atoms with Gasteiger partial charge in [0.2, 0.25) is 6.10 Å². The molecule has 120 valence electrons. The molecule has 2 aromatic rings. The third-order valence-electron chi connectivity index (χ3n) is 3.07. The smallest absolute Gasteiger partial charge is 0.339 e. The maximum Gasteiger partial charge on any atom is 0.339 e. The van der Waals surface area contributed by atoms with Crippen molar-refractivity contribution < 1.29 is 14.3 Å². The van der Waals surface area contributed by atoms with Gasteiger partial charge in [-0.25, -0.2) is 4.79 Å². The summed E-state index contributed by atoms with van der Waals surface area (Å²) >= 11 is 0. The summed E-state index contributed by atoms with van der Waals surface area (Å²) in [5.74, 6) is -0.864. The Balaban J connectivity index is 2.24. The molecule has 1 amide bonds. The average molecular weight is 311 g/mol. The molecule has 0 fully saturated rings. The van der Waals surface area contributed by atoms with Crippen LogP contribution in [-0.2, 0) is 9.53 Å². The van der Waals surface area contributed by atoms with Crippen LogP contribution in [0.5, 0.6) is 0 Å². The number of amides is 1. The van der Waals surface area contributed by atoms with E-state index in [2.05, 4.69) is 5.32 Å². The van der Waals surface area contributed by atoms with Crippen LogP contribution in [0.4, 0.5) is 0 Å². The molecule has 23 heavy (non-hydrogen) atoms. The van der Waals surface area contributed by atoms with E-state index >= 15 is 0 Å². The number of rotatable bonds is 4. The van der Waals surface area contributed by atoms with Gasteiger partial charge in [0.1, 0.15) is 0 Å². The largest absolute Gasteiger partial charge is 0.444 e. The van der Waals surface area contributed by atoms with Crippen LogP contribution >= 0.6 is 0 Å². The van der Waals surface area contributed by atoms with Crippen molar-refractivity contribution in [2.75, 3.05) is 0 Å². The highest BCUT2D eigenvalue weighted by atomic mass is 16.5. The number of nitrogens with one attached hydrogen (secondary N) is 1. The normalized spacial score (nSPS) is 12.3. The summed E-state index contributed by atoms with van der Waals surface area (Å²) in [6.45, 7) is 5.64. The Kier molecular flexibility index (Phi) is 5.16. The lowest BCUT2D eigenvalue weighted by Gasteiger charge is -2.25. The minimum atomic E-state index is -0.983. The van der Waals surface area contributed by atoms with E-state index in [-0.39, 0.29) is 5.91 Å². The Morgan fingerprint density at radius 1 is 0.913 bits per heavy atom. The molecule has 2 rings (SSSR count). The highest BCUT2D eigenvalue weighted by Gasteiger charge is 2.28. The second-order valence-corrected chi connectivity index (χ2v) is 6.30. The summed E-state index contributed by atoms with van der Waals surface area (Å²) in [7, 11) is 0. The van der Waals surface area contributed by atoms with E-state index in [9.17, 15) is 9.59 Å². The fraction of sp³-hybridized carbons (Fsp3) is 0.263. The molecule has 0 aliphatic heterocycles. The van der Waals surface area contributed by atoms with Gasteiger partial charge in [0.25, 0.3) is 5.91 Å². The van der Waals surface area contributed by atoms with E-state index in [1.54, 1.807) is 36.4 Å². The number of ether oxygens (including phenoxy) is 1.